The fourth-order valence-corrected chi connectivity index (χ4v) is 2.10. The summed E-state index contributed by atoms with van der Waals surface area (Å²) in [4.78, 5) is 34.5. The molecule has 136 valence electrons. The molecule has 1 rings (SSSR count). The van der Waals surface area contributed by atoms with Crippen LogP contribution in [0.25, 0.3) is 0 Å². The van der Waals surface area contributed by atoms with Gasteiger partial charge in [-0.25, -0.2) is 0 Å². The molecule has 0 aliphatic rings. The molecule has 0 aliphatic heterocycles. The Labute approximate surface area is 152 Å². The maximum atomic E-state index is 11.8. The van der Waals surface area contributed by atoms with E-state index in [4.69, 9.17) is 17.0 Å². The van der Waals surface area contributed by atoms with Crippen molar-refractivity contribution < 1.29 is 19.1 Å². The quantitative estimate of drug-likeness (QED) is 0.507. The fourth-order valence-electron chi connectivity index (χ4n) is 1.87. The minimum Gasteiger partial charge on any atom is -0.466 e. The van der Waals surface area contributed by atoms with Crippen molar-refractivity contribution in [2.75, 3.05) is 17.2 Å². The fraction of sp³-hybridized carbons (Fsp3) is 0.412. The molecule has 0 heterocycles. The highest BCUT2D eigenvalue weighted by Crippen LogP contribution is 2.20. The Balaban J connectivity index is 2.56. The average Bonchev–Trinajstić information content (AvgIpc) is 2.56. The Kier molecular flexibility index (Phi) is 8.55. The number of hydrogen-bond acceptors (Lipinski definition) is 5. The van der Waals surface area contributed by atoms with Gasteiger partial charge in [0.2, 0.25) is 11.8 Å². The van der Waals surface area contributed by atoms with E-state index < -0.39 is 5.97 Å². The molecule has 1 aromatic rings. The molecule has 0 aliphatic carbocycles. The highest BCUT2D eigenvalue weighted by atomic mass is 32.1. The number of ether oxygens (including phenoxy) is 1. The third-order valence-electron chi connectivity index (χ3n) is 3.21. The van der Waals surface area contributed by atoms with E-state index in [1.807, 2.05) is 13.0 Å². The second-order valence-corrected chi connectivity index (χ2v) is 5.65. The number of nitrogens with one attached hydrogen (secondary N) is 3. The third-order valence-corrected chi connectivity index (χ3v) is 3.41. The van der Waals surface area contributed by atoms with Crippen molar-refractivity contribution >= 4 is 46.5 Å². The molecule has 0 atom stereocenters. The van der Waals surface area contributed by atoms with E-state index in [-0.39, 0.29) is 36.4 Å². The molecule has 0 unspecified atom stereocenters. The second kappa shape index (κ2) is 10.4. The summed E-state index contributed by atoms with van der Waals surface area (Å²) in [6.45, 7) is 5.64. The Bertz CT molecular complexity index is 661. The van der Waals surface area contributed by atoms with Crippen molar-refractivity contribution in [3.8, 4) is 0 Å². The molecule has 8 heteroatoms. The number of esters is 1. The molecule has 2 amide bonds. The van der Waals surface area contributed by atoms with Crippen molar-refractivity contribution in [1.82, 2.24) is 5.32 Å². The smallest absolute Gasteiger partial charge is 0.306 e. The summed E-state index contributed by atoms with van der Waals surface area (Å²) in [6.07, 6.45) is 0.373. The van der Waals surface area contributed by atoms with Crippen LogP contribution in [-0.4, -0.2) is 29.5 Å². The average molecular weight is 365 g/mol. The van der Waals surface area contributed by atoms with Crippen LogP contribution in [0.5, 0.6) is 0 Å². The standard InChI is InChI=1S/C17H23N3O4S/c1-4-14(21)19-13-10-12(7-6-11(13)3)18-17(25)20-15(22)8-9-16(23)24-5-2/h6-7,10H,4-5,8-9H2,1-3H3,(H,19,21)(H2,18,20,22,25). The van der Waals surface area contributed by atoms with Gasteiger partial charge in [-0.1, -0.05) is 13.0 Å². The normalized spacial score (nSPS) is 9.88. The number of aryl methyl sites for hydroxylation is 1. The van der Waals surface area contributed by atoms with E-state index in [9.17, 15) is 14.4 Å². The summed E-state index contributed by atoms with van der Waals surface area (Å²) >= 11 is 5.08. The second-order valence-electron chi connectivity index (χ2n) is 5.24. The van der Waals surface area contributed by atoms with Gasteiger partial charge in [-0.05, 0) is 43.8 Å². The lowest BCUT2D eigenvalue weighted by atomic mass is 10.1. The maximum absolute atomic E-state index is 11.8. The summed E-state index contributed by atoms with van der Waals surface area (Å²) in [6, 6.07) is 5.35. The van der Waals surface area contributed by atoms with Gasteiger partial charge in [0.15, 0.2) is 5.11 Å². The van der Waals surface area contributed by atoms with Crippen molar-refractivity contribution in [3.05, 3.63) is 23.8 Å². The summed E-state index contributed by atoms with van der Waals surface area (Å²) in [7, 11) is 0. The lowest BCUT2D eigenvalue weighted by Crippen LogP contribution is -2.34. The number of rotatable bonds is 7. The highest BCUT2D eigenvalue weighted by Gasteiger charge is 2.10. The van der Waals surface area contributed by atoms with Crippen LogP contribution >= 0.6 is 12.2 Å². The van der Waals surface area contributed by atoms with Gasteiger partial charge in [0.1, 0.15) is 0 Å². The van der Waals surface area contributed by atoms with E-state index in [1.165, 1.54) is 0 Å². The Morgan fingerprint density at radius 1 is 1.08 bits per heavy atom. The zero-order valence-corrected chi connectivity index (χ0v) is 15.4. The molecule has 7 nitrogen and oxygen atoms in total. The number of amides is 2. The Morgan fingerprint density at radius 2 is 1.80 bits per heavy atom. The van der Waals surface area contributed by atoms with Crippen LogP contribution < -0.4 is 16.0 Å². The lowest BCUT2D eigenvalue weighted by Gasteiger charge is -2.13. The van der Waals surface area contributed by atoms with E-state index >= 15 is 0 Å². The monoisotopic (exact) mass is 365 g/mol. The first-order chi connectivity index (χ1) is 11.8. The predicted octanol–water partition coefficient (Wildman–Crippen LogP) is 2.50. The SMILES string of the molecule is CCOC(=O)CCC(=O)NC(=S)Nc1ccc(C)c(NC(=O)CC)c1. The van der Waals surface area contributed by atoms with Crippen LogP contribution in [-0.2, 0) is 19.1 Å². The van der Waals surface area contributed by atoms with Gasteiger partial charge in [0, 0.05) is 24.2 Å². The number of thiocarbonyl (C=S) groups is 1. The molecule has 3 N–H and O–H groups in total. The zero-order chi connectivity index (χ0) is 18.8. The van der Waals surface area contributed by atoms with Gasteiger partial charge in [0.05, 0.1) is 13.0 Å². The van der Waals surface area contributed by atoms with Gasteiger partial charge in [-0.15, -0.1) is 0 Å². The van der Waals surface area contributed by atoms with Gasteiger partial charge >= 0.3 is 5.97 Å². The summed E-state index contributed by atoms with van der Waals surface area (Å²) in [5.41, 5.74) is 2.22. The first-order valence-corrected chi connectivity index (χ1v) is 8.43. The molecule has 0 aromatic heterocycles. The van der Waals surface area contributed by atoms with Crippen molar-refractivity contribution in [3.63, 3.8) is 0 Å². The van der Waals surface area contributed by atoms with Gasteiger partial charge in [0.25, 0.3) is 0 Å². The number of benzene rings is 1. The minimum atomic E-state index is -0.425. The maximum Gasteiger partial charge on any atom is 0.306 e. The summed E-state index contributed by atoms with van der Waals surface area (Å²) in [5, 5.41) is 8.29. The molecule has 0 fully saturated rings. The van der Waals surface area contributed by atoms with Crippen LogP contribution in [0, 0.1) is 6.92 Å². The molecule has 0 saturated carbocycles. The van der Waals surface area contributed by atoms with Crippen LogP contribution in [0.4, 0.5) is 11.4 Å². The first kappa shape index (κ1) is 20.6. The zero-order valence-electron chi connectivity index (χ0n) is 14.6. The number of carbonyl (C=O) groups is 3. The molecule has 0 saturated heterocycles. The van der Waals surface area contributed by atoms with Gasteiger partial charge in [-0.2, -0.15) is 0 Å². The summed E-state index contributed by atoms with van der Waals surface area (Å²) < 4.78 is 4.76. The largest absolute Gasteiger partial charge is 0.466 e. The Morgan fingerprint density at radius 3 is 2.44 bits per heavy atom. The van der Waals surface area contributed by atoms with Crippen molar-refractivity contribution in [1.29, 1.82) is 0 Å². The summed E-state index contributed by atoms with van der Waals surface area (Å²) in [5.74, 6) is -0.890. The number of anilines is 2. The topological polar surface area (TPSA) is 96.5 Å². The van der Waals surface area contributed by atoms with Crippen LogP contribution in [0.2, 0.25) is 0 Å². The molecule has 1 aromatic carbocycles. The van der Waals surface area contributed by atoms with Crippen LogP contribution in [0.3, 0.4) is 0 Å². The molecule has 0 bridgehead atoms. The Hall–Kier alpha value is -2.48. The van der Waals surface area contributed by atoms with Crippen LogP contribution in [0.15, 0.2) is 18.2 Å². The molecular formula is C17H23N3O4S. The van der Waals surface area contributed by atoms with E-state index in [0.29, 0.717) is 17.8 Å². The van der Waals surface area contributed by atoms with Crippen molar-refractivity contribution in [2.45, 2.75) is 40.0 Å². The van der Waals surface area contributed by atoms with E-state index in [2.05, 4.69) is 16.0 Å². The lowest BCUT2D eigenvalue weighted by molar-refractivity contribution is -0.144. The number of hydrogen-bond donors (Lipinski definition) is 3. The molecular weight excluding hydrogens is 342 g/mol. The van der Waals surface area contributed by atoms with Gasteiger partial charge in [-0.3, -0.25) is 14.4 Å². The molecule has 0 radical (unpaired) electrons. The molecule has 25 heavy (non-hydrogen) atoms. The number of carbonyl (C=O) groups excluding carboxylic acids is 3. The minimum absolute atomic E-state index is 0.0000157. The first-order valence-electron chi connectivity index (χ1n) is 8.02. The predicted molar refractivity (Wildman–Crippen MR) is 100 cm³/mol. The van der Waals surface area contributed by atoms with E-state index in [0.717, 1.165) is 5.56 Å². The van der Waals surface area contributed by atoms with Crippen molar-refractivity contribution in [2.24, 2.45) is 0 Å². The van der Waals surface area contributed by atoms with Crippen LogP contribution in [0.1, 0.15) is 38.7 Å². The van der Waals surface area contributed by atoms with E-state index in [1.54, 1.807) is 26.0 Å². The third kappa shape index (κ3) is 7.75. The van der Waals surface area contributed by atoms with Gasteiger partial charge < -0.3 is 20.7 Å². The molecule has 0 spiro atoms. The highest BCUT2D eigenvalue weighted by molar-refractivity contribution is 7.80.